The number of halogens is 1. The molecule has 0 aliphatic carbocycles. The molecule has 3 rings (SSSR count). The minimum absolute atomic E-state index is 0.0120. The van der Waals surface area contributed by atoms with Gasteiger partial charge >= 0.3 is 0 Å². The van der Waals surface area contributed by atoms with Crippen molar-refractivity contribution in [3.8, 4) is 0 Å². The van der Waals surface area contributed by atoms with E-state index in [9.17, 15) is 4.79 Å². The average Bonchev–Trinajstić information content (AvgIpc) is 2.57. The Morgan fingerprint density at radius 2 is 1.83 bits per heavy atom. The minimum atomic E-state index is 0.0120. The van der Waals surface area contributed by atoms with Crippen molar-refractivity contribution in [2.45, 2.75) is 6.54 Å². The fourth-order valence-corrected chi connectivity index (χ4v) is 3.07. The van der Waals surface area contributed by atoms with Gasteiger partial charge in [-0.05, 0) is 29.8 Å². The first-order valence-electron chi connectivity index (χ1n) is 7.57. The Balaban J connectivity index is 1.58. The molecular weight excluding hydrogens is 330 g/mol. The minimum Gasteiger partial charge on any atom is -0.352 e. The fraction of sp³-hybridized carbons (Fsp3) is 0.294. The number of aromatic nitrogens is 1. The lowest BCUT2D eigenvalue weighted by molar-refractivity contribution is 0.0627. The Bertz CT molecular complexity index is 736. The van der Waals surface area contributed by atoms with E-state index in [0.717, 1.165) is 37.7 Å². The molecule has 1 saturated heterocycles. The number of hydrogen-bond donors (Lipinski definition) is 1. The fourth-order valence-electron chi connectivity index (χ4n) is 2.72. The summed E-state index contributed by atoms with van der Waals surface area (Å²) in [6.45, 7) is 4.03. The molecule has 1 aromatic heterocycles. The maximum Gasteiger partial charge on any atom is 0.256 e. The molecule has 1 N–H and O–H groups in total. The van der Waals surface area contributed by atoms with E-state index < -0.39 is 0 Å². The van der Waals surface area contributed by atoms with Gasteiger partial charge in [0, 0.05) is 43.9 Å². The molecule has 2 aromatic rings. The summed E-state index contributed by atoms with van der Waals surface area (Å²) in [5, 5.41) is 0.753. The van der Waals surface area contributed by atoms with Crippen LogP contribution < -0.4 is 0 Å². The number of piperazine rings is 1. The highest BCUT2D eigenvalue weighted by atomic mass is 35.5. The number of nitrogens with one attached hydrogen (secondary N) is 1. The van der Waals surface area contributed by atoms with E-state index in [0.29, 0.717) is 10.2 Å². The Labute approximate surface area is 145 Å². The van der Waals surface area contributed by atoms with Gasteiger partial charge in [0.15, 0.2) is 0 Å². The van der Waals surface area contributed by atoms with Gasteiger partial charge in [-0.15, -0.1) is 0 Å². The number of amides is 1. The van der Waals surface area contributed by atoms with E-state index in [-0.39, 0.29) is 5.91 Å². The molecule has 1 fully saturated rings. The topological polar surface area (TPSA) is 39.3 Å². The third-order valence-electron chi connectivity index (χ3n) is 4.03. The van der Waals surface area contributed by atoms with E-state index in [4.69, 9.17) is 23.8 Å². The molecule has 1 aliphatic rings. The number of H-pyrrole nitrogens is 1. The van der Waals surface area contributed by atoms with Crippen molar-refractivity contribution in [3.05, 3.63) is 63.4 Å². The second-order valence-electron chi connectivity index (χ2n) is 5.61. The van der Waals surface area contributed by atoms with Crippen LogP contribution in [0.1, 0.15) is 15.9 Å². The van der Waals surface area contributed by atoms with Crippen molar-refractivity contribution in [3.63, 3.8) is 0 Å². The van der Waals surface area contributed by atoms with E-state index >= 15 is 0 Å². The number of benzene rings is 1. The van der Waals surface area contributed by atoms with Gasteiger partial charge in [0.05, 0.1) is 5.56 Å². The third-order valence-corrected chi connectivity index (χ3v) is 4.62. The Morgan fingerprint density at radius 1 is 1.13 bits per heavy atom. The van der Waals surface area contributed by atoms with Crippen LogP contribution in [0.3, 0.4) is 0 Å². The smallest absolute Gasteiger partial charge is 0.256 e. The Morgan fingerprint density at radius 3 is 2.48 bits per heavy atom. The van der Waals surface area contributed by atoms with Crippen molar-refractivity contribution in [2.24, 2.45) is 0 Å². The Hall–Kier alpha value is -1.69. The zero-order valence-electron chi connectivity index (χ0n) is 12.7. The molecule has 0 spiro atoms. The molecule has 120 valence electrons. The van der Waals surface area contributed by atoms with Crippen molar-refractivity contribution in [1.29, 1.82) is 0 Å². The summed E-state index contributed by atoms with van der Waals surface area (Å²) >= 11 is 11.1. The normalized spacial score (nSPS) is 15.6. The second-order valence-corrected chi connectivity index (χ2v) is 6.45. The summed E-state index contributed by atoms with van der Waals surface area (Å²) in [6.07, 6.45) is 1.74. The molecule has 1 aromatic carbocycles. The number of carbonyl (C=O) groups is 1. The molecular formula is C17H18ClN3OS. The van der Waals surface area contributed by atoms with Crippen LogP contribution in [0.25, 0.3) is 0 Å². The third kappa shape index (κ3) is 3.99. The van der Waals surface area contributed by atoms with Gasteiger partial charge in [-0.3, -0.25) is 9.69 Å². The van der Waals surface area contributed by atoms with Crippen LogP contribution in [0.15, 0.2) is 42.6 Å². The predicted molar refractivity (Wildman–Crippen MR) is 94.3 cm³/mol. The highest BCUT2D eigenvalue weighted by Crippen LogP contribution is 2.14. The van der Waals surface area contributed by atoms with E-state index in [2.05, 4.69) is 9.88 Å². The lowest BCUT2D eigenvalue weighted by Gasteiger charge is -2.34. The second kappa shape index (κ2) is 7.25. The average molecular weight is 348 g/mol. The summed E-state index contributed by atoms with van der Waals surface area (Å²) in [6, 6.07) is 11.5. The van der Waals surface area contributed by atoms with Gasteiger partial charge in [0.25, 0.3) is 5.91 Å². The van der Waals surface area contributed by atoms with Gasteiger partial charge < -0.3 is 9.88 Å². The zero-order valence-corrected chi connectivity index (χ0v) is 14.2. The molecule has 2 heterocycles. The zero-order chi connectivity index (χ0) is 16.2. The monoisotopic (exact) mass is 347 g/mol. The summed E-state index contributed by atoms with van der Waals surface area (Å²) < 4.78 is 0.501. The van der Waals surface area contributed by atoms with E-state index in [1.54, 1.807) is 18.3 Å². The summed E-state index contributed by atoms with van der Waals surface area (Å²) in [5.74, 6) is 0.0120. The van der Waals surface area contributed by atoms with E-state index in [1.807, 2.05) is 29.2 Å². The van der Waals surface area contributed by atoms with Crippen LogP contribution in [-0.4, -0.2) is 46.9 Å². The lowest BCUT2D eigenvalue weighted by Crippen LogP contribution is -2.48. The quantitative estimate of drug-likeness (QED) is 0.865. The van der Waals surface area contributed by atoms with Gasteiger partial charge in [-0.2, -0.15) is 0 Å². The van der Waals surface area contributed by atoms with Gasteiger partial charge in [-0.25, -0.2) is 0 Å². The first kappa shape index (κ1) is 16.2. The number of nitrogens with zero attached hydrogens (tertiary/aromatic N) is 2. The van der Waals surface area contributed by atoms with Gasteiger partial charge in [-0.1, -0.05) is 36.0 Å². The molecule has 1 amide bonds. The molecule has 4 nitrogen and oxygen atoms in total. The number of carbonyl (C=O) groups excluding carboxylic acids is 1. The number of aromatic amines is 1. The maximum absolute atomic E-state index is 12.5. The standard InChI is InChI=1S/C17H18ClN3OS/c18-14-5-3-13(4-6-14)12-20-8-10-21(11-9-20)17(22)15-2-1-7-19-16(15)23/h1-7H,8-12H2,(H,19,23). The highest BCUT2D eigenvalue weighted by Gasteiger charge is 2.22. The van der Waals surface area contributed by atoms with Crippen LogP contribution in [0.5, 0.6) is 0 Å². The number of rotatable bonds is 3. The molecule has 23 heavy (non-hydrogen) atoms. The molecule has 0 radical (unpaired) electrons. The van der Waals surface area contributed by atoms with Crippen molar-refractivity contribution in [1.82, 2.24) is 14.8 Å². The highest BCUT2D eigenvalue weighted by molar-refractivity contribution is 7.71. The van der Waals surface area contributed by atoms with Crippen LogP contribution in [0, 0.1) is 4.64 Å². The van der Waals surface area contributed by atoms with Crippen LogP contribution in [0.2, 0.25) is 5.02 Å². The van der Waals surface area contributed by atoms with Crippen LogP contribution in [-0.2, 0) is 6.54 Å². The predicted octanol–water partition coefficient (Wildman–Crippen LogP) is 3.36. The molecule has 0 unspecified atom stereocenters. The summed E-state index contributed by atoms with van der Waals surface area (Å²) in [5.41, 5.74) is 1.81. The SMILES string of the molecule is O=C(c1ccc[nH]c1=S)N1CCN(Cc2ccc(Cl)cc2)CC1. The van der Waals surface area contributed by atoms with Gasteiger partial charge in [0.1, 0.15) is 4.64 Å². The maximum atomic E-state index is 12.5. The lowest BCUT2D eigenvalue weighted by atomic mass is 10.2. The molecule has 0 saturated carbocycles. The number of hydrogen-bond acceptors (Lipinski definition) is 3. The Kier molecular flexibility index (Phi) is 5.10. The molecule has 6 heteroatoms. The summed E-state index contributed by atoms with van der Waals surface area (Å²) in [4.78, 5) is 19.7. The summed E-state index contributed by atoms with van der Waals surface area (Å²) in [7, 11) is 0. The molecule has 0 atom stereocenters. The largest absolute Gasteiger partial charge is 0.352 e. The van der Waals surface area contributed by atoms with Crippen LogP contribution in [0.4, 0.5) is 0 Å². The van der Waals surface area contributed by atoms with Crippen molar-refractivity contribution in [2.75, 3.05) is 26.2 Å². The van der Waals surface area contributed by atoms with Crippen LogP contribution >= 0.6 is 23.8 Å². The van der Waals surface area contributed by atoms with Crippen molar-refractivity contribution < 1.29 is 4.79 Å². The number of pyridine rings is 1. The molecule has 1 aliphatic heterocycles. The first-order valence-corrected chi connectivity index (χ1v) is 8.36. The van der Waals surface area contributed by atoms with E-state index in [1.165, 1.54) is 5.56 Å². The van der Waals surface area contributed by atoms with Crippen molar-refractivity contribution >= 4 is 29.7 Å². The van der Waals surface area contributed by atoms with Gasteiger partial charge in [0.2, 0.25) is 0 Å². The molecule has 0 bridgehead atoms. The first-order chi connectivity index (χ1) is 11.1.